The number of carbonyl (C=O) groups is 1. The third-order valence-corrected chi connectivity index (χ3v) is 1.92. The minimum absolute atomic E-state index is 0.423. The van der Waals surface area contributed by atoms with Gasteiger partial charge >= 0.3 is 5.97 Å². The standard InChI is InChI=1S/C9H7FO2/c10-5-8-6-3-1-2-4-7(6)9(11)12-8/h1-4,8H,5H2. The summed E-state index contributed by atoms with van der Waals surface area (Å²) in [7, 11) is 0. The van der Waals surface area contributed by atoms with Crippen LogP contribution >= 0.6 is 0 Å². The van der Waals surface area contributed by atoms with Crippen LogP contribution in [0.5, 0.6) is 0 Å². The van der Waals surface area contributed by atoms with Crippen molar-refractivity contribution < 1.29 is 13.9 Å². The number of hydrogen-bond acceptors (Lipinski definition) is 2. The third kappa shape index (κ3) is 0.897. The monoisotopic (exact) mass is 166 g/mol. The molecule has 0 N–H and O–H groups in total. The van der Waals surface area contributed by atoms with Gasteiger partial charge in [0, 0.05) is 5.56 Å². The number of benzene rings is 1. The number of esters is 1. The molecule has 0 amide bonds. The minimum Gasteiger partial charge on any atom is -0.451 e. The SMILES string of the molecule is O=C1OC(CF)c2ccccc21. The maximum Gasteiger partial charge on any atom is 0.339 e. The second kappa shape index (κ2) is 2.59. The lowest BCUT2D eigenvalue weighted by Gasteiger charge is -2.03. The average molecular weight is 166 g/mol. The van der Waals surface area contributed by atoms with E-state index in [-0.39, 0.29) is 0 Å². The molecule has 1 unspecified atom stereocenters. The maximum absolute atomic E-state index is 12.3. The van der Waals surface area contributed by atoms with Crippen molar-refractivity contribution in [2.24, 2.45) is 0 Å². The number of carbonyl (C=O) groups excluding carboxylic acids is 1. The topological polar surface area (TPSA) is 26.3 Å². The smallest absolute Gasteiger partial charge is 0.339 e. The van der Waals surface area contributed by atoms with Gasteiger partial charge in [0.05, 0.1) is 5.56 Å². The Hall–Kier alpha value is -1.38. The first kappa shape index (κ1) is 7.28. The highest BCUT2D eigenvalue weighted by molar-refractivity contribution is 5.93. The van der Waals surface area contributed by atoms with Crippen molar-refractivity contribution in [1.29, 1.82) is 0 Å². The van der Waals surface area contributed by atoms with Crippen LogP contribution in [0, 0.1) is 0 Å². The molecule has 1 aromatic rings. The van der Waals surface area contributed by atoms with Crippen LogP contribution in [-0.2, 0) is 4.74 Å². The first-order valence-corrected chi connectivity index (χ1v) is 3.69. The van der Waals surface area contributed by atoms with E-state index < -0.39 is 18.7 Å². The van der Waals surface area contributed by atoms with Gasteiger partial charge in [-0.2, -0.15) is 0 Å². The molecular weight excluding hydrogens is 159 g/mol. The van der Waals surface area contributed by atoms with Crippen molar-refractivity contribution in [3.8, 4) is 0 Å². The summed E-state index contributed by atoms with van der Waals surface area (Å²) in [5.41, 5.74) is 1.14. The van der Waals surface area contributed by atoms with Gasteiger partial charge < -0.3 is 4.74 Å². The number of ether oxygens (including phenoxy) is 1. The lowest BCUT2D eigenvalue weighted by atomic mass is 10.1. The van der Waals surface area contributed by atoms with Crippen LogP contribution in [0.15, 0.2) is 24.3 Å². The number of fused-ring (bicyclic) bond motifs is 1. The van der Waals surface area contributed by atoms with Gasteiger partial charge in [-0.3, -0.25) is 0 Å². The van der Waals surface area contributed by atoms with Crippen molar-refractivity contribution in [1.82, 2.24) is 0 Å². The van der Waals surface area contributed by atoms with Crippen molar-refractivity contribution in [2.75, 3.05) is 6.67 Å². The molecule has 1 aromatic carbocycles. The third-order valence-electron chi connectivity index (χ3n) is 1.92. The first-order chi connectivity index (χ1) is 5.83. The van der Waals surface area contributed by atoms with E-state index in [0.717, 1.165) is 0 Å². The fraction of sp³-hybridized carbons (Fsp3) is 0.222. The van der Waals surface area contributed by atoms with Gasteiger partial charge in [0.2, 0.25) is 0 Å². The van der Waals surface area contributed by atoms with E-state index in [1.54, 1.807) is 24.3 Å². The highest BCUT2D eigenvalue weighted by Crippen LogP contribution is 2.30. The number of hydrogen-bond donors (Lipinski definition) is 0. The summed E-state index contributed by atoms with van der Waals surface area (Å²) in [6.07, 6.45) is -0.686. The van der Waals surface area contributed by atoms with E-state index in [2.05, 4.69) is 0 Å². The molecule has 0 radical (unpaired) electrons. The Morgan fingerprint density at radius 3 is 2.92 bits per heavy atom. The molecule has 0 aliphatic carbocycles. The highest BCUT2D eigenvalue weighted by atomic mass is 19.1. The normalized spacial score (nSPS) is 20.4. The first-order valence-electron chi connectivity index (χ1n) is 3.69. The second-order valence-corrected chi connectivity index (χ2v) is 2.64. The highest BCUT2D eigenvalue weighted by Gasteiger charge is 2.29. The summed E-state index contributed by atoms with van der Waals surface area (Å²) in [6.45, 7) is -0.650. The lowest BCUT2D eigenvalue weighted by Crippen LogP contribution is -1.99. The number of alkyl halides is 1. The Bertz CT molecular complexity index is 322. The number of rotatable bonds is 1. The molecule has 0 aromatic heterocycles. The van der Waals surface area contributed by atoms with E-state index in [0.29, 0.717) is 11.1 Å². The largest absolute Gasteiger partial charge is 0.451 e. The quantitative estimate of drug-likeness (QED) is 0.595. The molecule has 0 fully saturated rings. The summed E-state index contributed by atoms with van der Waals surface area (Å²) in [5, 5.41) is 0. The number of halogens is 1. The number of cyclic esters (lactones) is 1. The Morgan fingerprint density at radius 1 is 1.42 bits per heavy atom. The van der Waals surface area contributed by atoms with Crippen LogP contribution in [0.2, 0.25) is 0 Å². The van der Waals surface area contributed by atoms with E-state index in [4.69, 9.17) is 4.74 Å². The van der Waals surface area contributed by atoms with Crippen LogP contribution in [0.4, 0.5) is 4.39 Å². The summed E-state index contributed by atoms with van der Waals surface area (Å²) in [5.74, 6) is -0.423. The molecule has 1 aliphatic rings. The van der Waals surface area contributed by atoms with E-state index >= 15 is 0 Å². The average Bonchev–Trinajstić information content (AvgIpc) is 2.44. The minimum atomic E-state index is -0.686. The molecule has 3 heteroatoms. The van der Waals surface area contributed by atoms with Crippen molar-refractivity contribution in [3.63, 3.8) is 0 Å². The van der Waals surface area contributed by atoms with E-state index in [9.17, 15) is 9.18 Å². The summed E-state index contributed by atoms with van der Waals surface area (Å²) >= 11 is 0. The fourth-order valence-corrected chi connectivity index (χ4v) is 1.33. The fourth-order valence-electron chi connectivity index (χ4n) is 1.33. The Balaban J connectivity index is 2.50. The van der Waals surface area contributed by atoms with E-state index in [1.807, 2.05) is 0 Å². The van der Waals surface area contributed by atoms with Gasteiger partial charge in [-0.1, -0.05) is 18.2 Å². The molecule has 1 heterocycles. The van der Waals surface area contributed by atoms with Crippen LogP contribution < -0.4 is 0 Å². The van der Waals surface area contributed by atoms with Gasteiger partial charge in [0.1, 0.15) is 6.67 Å². The van der Waals surface area contributed by atoms with Crippen LogP contribution in [0.1, 0.15) is 22.0 Å². The Kier molecular flexibility index (Phi) is 1.57. The van der Waals surface area contributed by atoms with Gasteiger partial charge in [-0.15, -0.1) is 0 Å². The maximum atomic E-state index is 12.3. The zero-order chi connectivity index (χ0) is 8.55. The van der Waals surface area contributed by atoms with Crippen LogP contribution in [0.3, 0.4) is 0 Å². The predicted octanol–water partition coefficient (Wildman–Crippen LogP) is 1.87. The zero-order valence-electron chi connectivity index (χ0n) is 6.29. The molecule has 62 valence electrons. The van der Waals surface area contributed by atoms with Gasteiger partial charge in [-0.05, 0) is 6.07 Å². The molecule has 2 nitrogen and oxygen atoms in total. The molecule has 1 aliphatic heterocycles. The van der Waals surface area contributed by atoms with Crippen molar-refractivity contribution in [3.05, 3.63) is 35.4 Å². The van der Waals surface area contributed by atoms with Gasteiger partial charge in [0.25, 0.3) is 0 Å². The van der Waals surface area contributed by atoms with Crippen molar-refractivity contribution in [2.45, 2.75) is 6.10 Å². The molecular formula is C9H7FO2. The molecule has 1 atom stereocenters. The van der Waals surface area contributed by atoms with E-state index in [1.165, 1.54) is 0 Å². The molecule has 0 saturated carbocycles. The molecule has 0 saturated heterocycles. The summed E-state index contributed by atoms with van der Waals surface area (Å²) in [6, 6.07) is 6.86. The summed E-state index contributed by atoms with van der Waals surface area (Å²) < 4.78 is 17.0. The molecule has 12 heavy (non-hydrogen) atoms. The van der Waals surface area contributed by atoms with Gasteiger partial charge in [-0.25, -0.2) is 9.18 Å². The predicted molar refractivity (Wildman–Crippen MR) is 40.6 cm³/mol. The Morgan fingerprint density at radius 2 is 2.17 bits per heavy atom. The van der Waals surface area contributed by atoms with Crippen molar-refractivity contribution >= 4 is 5.97 Å². The molecule has 2 rings (SSSR count). The second-order valence-electron chi connectivity index (χ2n) is 2.64. The molecule has 0 bridgehead atoms. The summed E-state index contributed by atoms with van der Waals surface area (Å²) in [4.78, 5) is 11.0. The lowest BCUT2D eigenvalue weighted by molar-refractivity contribution is 0.0330. The zero-order valence-corrected chi connectivity index (χ0v) is 6.29. The molecule has 0 spiro atoms. The van der Waals surface area contributed by atoms with Crippen LogP contribution in [0.25, 0.3) is 0 Å². The van der Waals surface area contributed by atoms with Crippen LogP contribution in [-0.4, -0.2) is 12.6 Å². The van der Waals surface area contributed by atoms with Gasteiger partial charge in [0.15, 0.2) is 6.10 Å². The Labute approximate surface area is 69.0 Å².